The summed E-state index contributed by atoms with van der Waals surface area (Å²) in [4.78, 5) is 48.6. The van der Waals surface area contributed by atoms with Crippen LogP contribution < -0.4 is 15.5 Å². The number of amides is 4. The zero-order valence-electron chi connectivity index (χ0n) is 16.6. The van der Waals surface area contributed by atoms with Crippen LogP contribution in [0.5, 0.6) is 5.75 Å². The van der Waals surface area contributed by atoms with Crippen molar-refractivity contribution in [2.24, 2.45) is 0 Å². The Morgan fingerprint density at radius 3 is 2.59 bits per heavy atom. The van der Waals surface area contributed by atoms with Crippen molar-refractivity contribution in [2.45, 2.75) is 51.5 Å². The van der Waals surface area contributed by atoms with Gasteiger partial charge in [-0.25, -0.2) is 9.59 Å². The highest BCUT2D eigenvalue weighted by molar-refractivity contribution is 6.08. The summed E-state index contributed by atoms with van der Waals surface area (Å²) in [5.41, 5.74) is 3.22. The molecule has 1 saturated heterocycles. The van der Waals surface area contributed by atoms with E-state index in [1.807, 2.05) is 26.0 Å². The van der Waals surface area contributed by atoms with E-state index in [-0.39, 0.29) is 6.61 Å². The molecule has 0 unspecified atom stereocenters. The minimum atomic E-state index is -0.932. The fourth-order valence-electron chi connectivity index (χ4n) is 3.58. The first-order chi connectivity index (χ1) is 13.8. The average molecular weight is 403 g/mol. The van der Waals surface area contributed by atoms with Crippen molar-refractivity contribution in [2.75, 3.05) is 13.2 Å². The molecule has 0 bridgehead atoms. The molecule has 0 atom stereocenters. The quantitative estimate of drug-likeness (QED) is 0.550. The molecule has 3 rings (SSSR count). The maximum absolute atomic E-state index is 12.6. The molecule has 9 nitrogen and oxygen atoms in total. The number of imide groups is 1. The molecule has 1 spiro atoms. The van der Waals surface area contributed by atoms with E-state index in [9.17, 15) is 19.2 Å². The number of hydrazine groups is 1. The summed E-state index contributed by atoms with van der Waals surface area (Å²) in [6, 6.07) is 4.81. The number of esters is 1. The molecule has 1 saturated carbocycles. The van der Waals surface area contributed by atoms with Gasteiger partial charge in [-0.15, -0.1) is 0 Å². The first-order valence-electron chi connectivity index (χ1n) is 9.63. The van der Waals surface area contributed by atoms with Crippen molar-refractivity contribution in [1.82, 2.24) is 15.8 Å². The lowest BCUT2D eigenvalue weighted by Crippen LogP contribution is -2.51. The zero-order valence-corrected chi connectivity index (χ0v) is 16.6. The van der Waals surface area contributed by atoms with Crippen molar-refractivity contribution in [3.05, 3.63) is 29.3 Å². The van der Waals surface area contributed by atoms with Crippen LogP contribution >= 0.6 is 0 Å². The molecule has 1 aromatic rings. The molecule has 1 heterocycles. The molecule has 156 valence electrons. The van der Waals surface area contributed by atoms with E-state index >= 15 is 0 Å². The summed E-state index contributed by atoms with van der Waals surface area (Å²) in [5, 5.41) is 3.36. The topological polar surface area (TPSA) is 114 Å². The summed E-state index contributed by atoms with van der Waals surface area (Å²) >= 11 is 0. The number of ether oxygens (including phenoxy) is 2. The molecule has 1 aliphatic carbocycles. The second-order valence-corrected chi connectivity index (χ2v) is 7.40. The van der Waals surface area contributed by atoms with Crippen molar-refractivity contribution >= 4 is 23.8 Å². The number of nitrogens with one attached hydrogen (secondary N) is 2. The van der Waals surface area contributed by atoms with E-state index in [1.54, 1.807) is 6.07 Å². The number of aryl methyl sites for hydroxylation is 1. The van der Waals surface area contributed by atoms with Crippen LogP contribution in [0.3, 0.4) is 0 Å². The minimum absolute atomic E-state index is 0.357. The predicted molar refractivity (Wildman–Crippen MR) is 102 cm³/mol. The van der Waals surface area contributed by atoms with Gasteiger partial charge >= 0.3 is 12.0 Å². The van der Waals surface area contributed by atoms with Crippen LogP contribution in [0.2, 0.25) is 0 Å². The highest BCUT2D eigenvalue weighted by atomic mass is 16.6. The Labute approximate surface area is 168 Å². The lowest BCUT2D eigenvalue weighted by molar-refractivity contribution is -0.152. The highest BCUT2D eigenvalue weighted by Crippen LogP contribution is 2.32. The van der Waals surface area contributed by atoms with Gasteiger partial charge in [-0.2, -0.15) is 5.01 Å². The van der Waals surface area contributed by atoms with Gasteiger partial charge in [0.2, 0.25) is 0 Å². The third-order valence-electron chi connectivity index (χ3n) is 5.37. The van der Waals surface area contributed by atoms with Crippen molar-refractivity contribution in [1.29, 1.82) is 0 Å². The molecular weight excluding hydrogens is 378 g/mol. The molecule has 29 heavy (non-hydrogen) atoms. The Balaban J connectivity index is 1.46. The van der Waals surface area contributed by atoms with Gasteiger partial charge in [-0.05, 0) is 43.9 Å². The Kier molecular flexibility index (Phi) is 6.05. The second-order valence-electron chi connectivity index (χ2n) is 7.40. The zero-order chi connectivity index (χ0) is 21.0. The summed E-state index contributed by atoms with van der Waals surface area (Å²) in [5.74, 6) is -1.42. The molecule has 0 aromatic heterocycles. The van der Waals surface area contributed by atoms with Gasteiger partial charge in [-0.1, -0.05) is 31.4 Å². The van der Waals surface area contributed by atoms with Gasteiger partial charge in [0.1, 0.15) is 11.3 Å². The number of carbonyl (C=O) groups excluding carboxylic acids is 4. The molecule has 2 aliphatic rings. The third kappa shape index (κ3) is 4.49. The van der Waals surface area contributed by atoms with E-state index in [0.29, 0.717) is 23.6 Å². The maximum Gasteiger partial charge on any atom is 0.344 e. The first-order valence-corrected chi connectivity index (χ1v) is 9.63. The highest BCUT2D eigenvalue weighted by Gasteiger charge is 2.52. The predicted octanol–water partition coefficient (Wildman–Crippen LogP) is 1.51. The molecule has 1 aromatic carbocycles. The third-order valence-corrected chi connectivity index (χ3v) is 5.37. The van der Waals surface area contributed by atoms with Gasteiger partial charge in [-0.3, -0.25) is 15.0 Å². The number of hydrogen-bond acceptors (Lipinski definition) is 6. The summed E-state index contributed by atoms with van der Waals surface area (Å²) in [6.07, 6.45) is 3.79. The molecule has 0 radical (unpaired) electrons. The largest absolute Gasteiger partial charge is 0.482 e. The average Bonchev–Trinajstić information content (AvgIpc) is 2.92. The SMILES string of the molecule is Cc1cccc(OCC(=O)OCC(=O)NN2C(=O)NC3(CCCCC3)C2=O)c1C. The van der Waals surface area contributed by atoms with Crippen LogP contribution in [0.25, 0.3) is 0 Å². The van der Waals surface area contributed by atoms with Crippen LogP contribution in [-0.2, 0) is 19.1 Å². The summed E-state index contributed by atoms with van der Waals surface area (Å²) in [6.45, 7) is 2.82. The Morgan fingerprint density at radius 2 is 1.86 bits per heavy atom. The maximum atomic E-state index is 12.6. The van der Waals surface area contributed by atoms with Crippen LogP contribution in [0.15, 0.2) is 18.2 Å². The van der Waals surface area contributed by atoms with Gasteiger partial charge < -0.3 is 14.8 Å². The van der Waals surface area contributed by atoms with Crippen molar-refractivity contribution in [3.8, 4) is 5.75 Å². The molecule has 2 fully saturated rings. The smallest absolute Gasteiger partial charge is 0.344 e. The van der Waals surface area contributed by atoms with Gasteiger partial charge in [0, 0.05) is 0 Å². The van der Waals surface area contributed by atoms with Crippen LogP contribution in [-0.4, -0.2) is 47.6 Å². The number of carbonyl (C=O) groups is 4. The summed E-state index contributed by atoms with van der Waals surface area (Å²) < 4.78 is 10.3. The van der Waals surface area contributed by atoms with E-state index in [4.69, 9.17) is 9.47 Å². The lowest BCUT2D eigenvalue weighted by atomic mass is 9.82. The van der Waals surface area contributed by atoms with Crippen LogP contribution in [0, 0.1) is 13.8 Å². The van der Waals surface area contributed by atoms with Crippen LogP contribution in [0.4, 0.5) is 4.79 Å². The minimum Gasteiger partial charge on any atom is -0.482 e. The number of hydrogen-bond donors (Lipinski definition) is 2. The van der Waals surface area contributed by atoms with E-state index < -0.39 is 36.0 Å². The molecule has 2 N–H and O–H groups in total. The molecule has 4 amide bonds. The first kappa shape index (κ1) is 20.6. The lowest BCUT2D eigenvalue weighted by Gasteiger charge is -2.30. The number of rotatable bonds is 6. The van der Waals surface area contributed by atoms with Crippen molar-refractivity contribution in [3.63, 3.8) is 0 Å². The van der Waals surface area contributed by atoms with Gasteiger partial charge in [0.15, 0.2) is 13.2 Å². The second kappa shape index (κ2) is 8.50. The van der Waals surface area contributed by atoms with E-state index in [0.717, 1.165) is 30.4 Å². The van der Waals surface area contributed by atoms with E-state index in [1.165, 1.54) is 0 Å². The number of benzene rings is 1. The van der Waals surface area contributed by atoms with Crippen molar-refractivity contribution < 1.29 is 28.7 Å². The molecular formula is C20H25N3O6. The van der Waals surface area contributed by atoms with Crippen LogP contribution in [0.1, 0.15) is 43.2 Å². The van der Waals surface area contributed by atoms with Gasteiger partial charge in [0.05, 0.1) is 0 Å². The Bertz CT molecular complexity index is 832. The van der Waals surface area contributed by atoms with E-state index in [2.05, 4.69) is 10.7 Å². The Morgan fingerprint density at radius 1 is 1.14 bits per heavy atom. The normalized spacial score (nSPS) is 17.8. The molecule has 1 aliphatic heterocycles. The fraction of sp³-hybridized carbons (Fsp3) is 0.500. The summed E-state index contributed by atoms with van der Waals surface area (Å²) in [7, 11) is 0. The molecule has 9 heteroatoms. The Hall–Kier alpha value is -3.10. The number of nitrogens with zero attached hydrogens (tertiary/aromatic N) is 1. The van der Waals surface area contributed by atoms with Gasteiger partial charge in [0.25, 0.3) is 11.8 Å². The standard InChI is InChI=1S/C20H25N3O6/c1-13-7-6-8-15(14(13)2)28-12-17(25)29-11-16(24)22-23-18(26)20(21-19(23)27)9-4-3-5-10-20/h6-8H,3-5,9-12H2,1-2H3,(H,21,27)(H,22,24). The monoisotopic (exact) mass is 403 g/mol. The number of urea groups is 1. The fourth-order valence-corrected chi connectivity index (χ4v) is 3.58.